The van der Waals surface area contributed by atoms with Gasteiger partial charge in [-0.1, -0.05) is 35.6 Å². The average Bonchev–Trinajstić information content (AvgIpc) is 2.55. The molecule has 1 aliphatic rings. The summed E-state index contributed by atoms with van der Waals surface area (Å²) in [6.07, 6.45) is 9.32. The van der Waals surface area contributed by atoms with Crippen molar-refractivity contribution in [1.82, 2.24) is 0 Å². The largest absolute Gasteiger partial charge is 0.296 e. The first-order chi connectivity index (χ1) is 11.1. The van der Waals surface area contributed by atoms with Gasteiger partial charge in [0.2, 0.25) is 0 Å². The van der Waals surface area contributed by atoms with Crippen LogP contribution in [-0.4, -0.2) is 15.0 Å². The molecule has 0 N–H and O–H groups in total. The van der Waals surface area contributed by atoms with Crippen LogP contribution in [0.4, 0.5) is 0 Å². The minimum Gasteiger partial charge on any atom is -0.266 e. The van der Waals surface area contributed by atoms with Gasteiger partial charge in [0.15, 0.2) is 0 Å². The second kappa shape index (κ2) is 8.90. The predicted octanol–water partition coefficient (Wildman–Crippen LogP) is 4.37. The molecular formula is C19H24O3S. The van der Waals surface area contributed by atoms with Gasteiger partial charge in [-0.3, -0.25) is 4.18 Å². The van der Waals surface area contributed by atoms with E-state index < -0.39 is 10.1 Å². The number of benzene rings is 1. The monoisotopic (exact) mass is 332 g/mol. The van der Waals surface area contributed by atoms with Crippen LogP contribution in [0.25, 0.3) is 0 Å². The van der Waals surface area contributed by atoms with Gasteiger partial charge >= 0.3 is 0 Å². The molecular weight excluding hydrogens is 308 g/mol. The molecule has 1 aromatic rings. The van der Waals surface area contributed by atoms with Crippen molar-refractivity contribution in [3.05, 3.63) is 41.5 Å². The molecule has 3 nitrogen and oxygen atoms in total. The fourth-order valence-electron chi connectivity index (χ4n) is 2.38. The summed E-state index contributed by atoms with van der Waals surface area (Å²) in [5.74, 6) is 6.38. The molecule has 2 rings (SSSR count). The smallest absolute Gasteiger partial charge is 0.266 e. The summed E-state index contributed by atoms with van der Waals surface area (Å²) < 4.78 is 29.0. The lowest BCUT2D eigenvalue weighted by Gasteiger charge is -2.06. The molecule has 0 radical (unpaired) electrons. The molecule has 0 amide bonds. The van der Waals surface area contributed by atoms with Gasteiger partial charge in [-0.25, -0.2) is 0 Å². The lowest BCUT2D eigenvalue weighted by molar-refractivity contribution is 0.309. The Balaban J connectivity index is 1.68. The van der Waals surface area contributed by atoms with Gasteiger partial charge in [0.25, 0.3) is 10.1 Å². The Hall–Kier alpha value is -1.57. The number of hydrogen-bond donors (Lipinski definition) is 0. The van der Waals surface area contributed by atoms with E-state index in [0.717, 1.165) is 31.2 Å². The maximum absolute atomic E-state index is 12.0. The van der Waals surface area contributed by atoms with Crippen molar-refractivity contribution in [2.75, 3.05) is 6.61 Å². The van der Waals surface area contributed by atoms with E-state index in [1.165, 1.54) is 18.4 Å². The van der Waals surface area contributed by atoms with Crippen molar-refractivity contribution in [3.63, 3.8) is 0 Å². The number of aryl methyl sites for hydroxylation is 1. The molecule has 0 aliphatic heterocycles. The van der Waals surface area contributed by atoms with Crippen LogP contribution in [0.15, 0.2) is 40.8 Å². The first kappa shape index (κ1) is 17.8. The highest BCUT2D eigenvalue weighted by molar-refractivity contribution is 7.86. The molecule has 124 valence electrons. The van der Waals surface area contributed by atoms with Gasteiger partial charge in [0.1, 0.15) is 0 Å². The highest BCUT2D eigenvalue weighted by Crippen LogP contribution is 2.16. The number of rotatable bonds is 6. The standard InChI is InChI=1S/C19H24O3S/c1-17-12-14-19(15-13-17)23(20,21)22-16-8-3-2-5-9-18-10-6-4-7-11-18/h10,12-15H,2-4,6-8,11,16H2,1H3. The third kappa shape index (κ3) is 6.21. The molecule has 0 saturated heterocycles. The van der Waals surface area contributed by atoms with E-state index in [-0.39, 0.29) is 11.5 Å². The van der Waals surface area contributed by atoms with Crippen LogP contribution in [0.3, 0.4) is 0 Å². The van der Waals surface area contributed by atoms with E-state index in [4.69, 9.17) is 4.18 Å². The Morgan fingerprint density at radius 1 is 1.13 bits per heavy atom. The fourth-order valence-corrected chi connectivity index (χ4v) is 3.33. The minimum atomic E-state index is -3.63. The zero-order chi connectivity index (χ0) is 16.5. The fraction of sp³-hybridized carbons (Fsp3) is 0.474. The number of allylic oxidation sites excluding steroid dienone is 2. The summed E-state index contributed by atoms with van der Waals surface area (Å²) in [5.41, 5.74) is 2.28. The van der Waals surface area contributed by atoms with Crippen LogP contribution >= 0.6 is 0 Å². The summed E-state index contributed by atoms with van der Waals surface area (Å²) in [6, 6.07) is 6.69. The second-order valence-corrected chi connectivity index (χ2v) is 7.44. The third-order valence-electron chi connectivity index (χ3n) is 3.78. The molecule has 0 spiro atoms. The lowest BCUT2D eigenvalue weighted by atomic mass is 10.00. The van der Waals surface area contributed by atoms with Crippen molar-refractivity contribution >= 4 is 10.1 Å². The molecule has 0 heterocycles. The molecule has 0 aromatic heterocycles. The third-order valence-corrected chi connectivity index (χ3v) is 5.11. The molecule has 4 heteroatoms. The van der Waals surface area contributed by atoms with Gasteiger partial charge in [0, 0.05) is 6.42 Å². The van der Waals surface area contributed by atoms with E-state index in [9.17, 15) is 8.42 Å². The van der Waals surface area contributed by atoms with Crippen molar-refractivity contribution in [2.45, 2.75) is 56.8 Å². The Morgan fingerprint density at radius 3 is 2.61 bits per heavy atom. The van der Waals surface area contributed by atoms with Crippen molar-refractivity contribution < 1.29 is 12.6 Å². The topological polar surface area (TPSA) is 43.4 Å². The summed E-state index contributed by atoms with van der Waals surface area (Å²) >= 11 is 0. The first-order valence-electron chi connectivity index (χ1n) is 8.22. The highest BCUT2D eigenvalue weighted by atomic mass is 32.2. The Labute approximate surface area is 139 Å². The van der Waals surface area contributed by atoms with Gasteiger partial charge in [-0.15, -0.1) is 0 Å². The van der Waals surface area contributed by atoms with E-state index in [2.05, 4.69) is 17.9 Å². The molecule has 0 bridgehead atoms. The summed E-state index contributed by atoms with van der Waals surface area (Å²) in [5, 5.41) is 0. The van der Waals surface area contributed by atoms with Crippen LogP contribution in [0.2, 0.25) is 0 Å². The van der Waals surface area contributed by atoms with E-state index in [1.54, 1.807) is 24.3 Å². The molecule has 0 unspecified atom stereocenters. The van der Waals surface area contributed by atoms with Crippen molar-refractivity contribution in [1.29, 1.82) is 0 Å². The van der Waals surface area contributed by atoms with Crippen molar-refractivity contribution in [3.8, 4) is 11.8 Å². The SMILES string of the molecule is Cc1ccc(S(=O)(=O)OCCCCC#CC2=CCCCC2)cc1. The predicted molar refractivity (Wildman–Crippen MR) is 92.5 cm³/mol. The van der Waals surface area contributed by atoms with Gasteiger partial charge < -0.3 is 0 Å². The van der Waals surface area contributed by atoms with Crippen LogP contribution in [0.1, 0.15) is 50.5 Å². The Kier molecular flexibility index (Phi) is 6.88. The molecule has 0 fully saturated rings. The van der Waals surface area contributed by atoms with Crippen LogP contribution in [-0.2, 0) is 14.3 Å². The average molecular weight is 332 g/mol. The van der Waals surface area contributed by atoms with E-state index >= 15 is 0 Å². The number of unbranched alkanes of at least 4 members (excludes halogenated alkanes) is 2. The van der Waals surface area contributed by atoms with Gasteiger partial charge in [0.05, 0.1) is 11.5 Å². The minimum absolute atomic E-state index is 0.209. The highest BCUT2D eigenvalue weighted by Gasteiger charge is 2.14. The summed E-state index contributed by atoms with van der Waals surface area (Å²) in [6.45, 7) is 2.13. The molecule has 1 aromatic carbocycles. The lowest BCUT2D eigenvalue weighted by Crippen LogP contribution is -2.07. The summed E-state index contributed by atoms with van der Waals surface area (Å²) in [7, 11) is -3.63. The maximum atomic E-state index is 12.0. The first-order valence-corrected chi connectivity index (χ1v) is 9.63. The summed E-state index contributed by atoms with van der Waals surface area (Å²) in [4.78, 5) is 0.215. The molecule has 0 saturated carbocycles. The second-order valence-electron chi connectivity index (χ2n) is 5.82. The van der Waals surface area contributed by atoms with E-state index in [1.807, 2.05) is 6.92 Å². The molecule has 0 atom stereocenters. The number of hydrogen-bond acceptors (Lipinski definition) is 3. The van der Waals surface area contributed by atoms with Crippen molar-refractivity contribution in [2.24, 2.45) is 0 Å². The normalized spacial score (nSPS) is 14.7. The quantitative estimate of drug-likeness (QED) is 0.441. The molecule has 1 aliphatic carbocycles. The van der Waals surface area contributed by atoms with Crippen LogP contribution in [0.5, 0.6) is 0 Å². The zero-order valence-corrected chi connectivity index (χ0v) is 14.5. The van der Waals surface area contributed by atoms with Gasteiger partial charge in [-0.2, -0.15) is 8.42 Å². The Bertz CT molecular complexity index is 688. The van der Waals surface area contributed by atoms with Gasteiger partial charge in [-0.05, 0) is 63.2 Å². The van der Waals surface area contributed by atoms with Crippen LogP contribution < -0.4 is 0 Å². The Morgan fingerprint density at radius 2 is 1.91 bits per heavy atom. The van der Waals surface area contributed by atoms with Crippen LogP contribution in [0, 0.1) is 18.8 Å². The molecule has 23 heavy (non-hydrogen) atoms. The zero-order valence-electron chi connectivity index (χ0n) is 13.7. The van der Waals surface area contributed by atoms with E-state index in [0.29, 0.717) is 6.42 Å². The maximum Gasteiger partial charge on any atom is 0.296 e.